The molecule has 30 heavy (non-hydrogen) atoms. The molecule has 0 radical (unpaired) electrons. The number of nitrogens with one attached hydrogen (secondary N) is 1. The number of aryl methyl sites for hydroxylation is 1. The number of hydrogen-bond acceptors (Lipinski definition) is 6. The summed E-state index contributed by atoms with van der Waals surface area (Å²) in [6, 6.07) is 7.71. The smallest absolute Gasteiger partial charge is 0.264 e. The van der Waals surface area contributed by atoms with Crippen molar-refractivity contribution in [3.05, 3.63) is 45.1 Å². The standard InChI is InChI=1S/C22H24N2O5S/c25-21(23-12-14-1-3-17-18(9-14)29-13-28-17)15-2-4-19-16(10-15)11-20(30-19)22(26)24-5-7-27-8-6-24/h1,3,9,11,15H,2,4-8,10,12-13H2,(H,23,25). The molecule has 3 aliphatic rings. The molecule has 5 rings (SSSR count). The Bertz CT molecular complexity index is 966. The summed E-state index contributed by atoms with van der Waals surface area (Å²) in [7, 11) is 0. The van der Waals surface area contributed by atoms with Gasteiger partial charge in [0.1, 0.15) is 0 Å². The molecule has 1 aromatic heterocycles. The predicted octanol–water partition coefficient (Wildman–Crippen LogP) is 2.37. The van der Waals surface area contributed by atoms with E-state index < -0.39 is 0 Å². The number of rotatable bonds is 4. The number of fused-ring (bicyclic) bond motifs is 2. The molecule has 1 N–H and O–H groups in total. The number of nitrogens with zero attached hydrogens (tertiary/aromatic N) is 1. The molecule has 0 spiro atoms. The third-order valence-electron chi connectivity index (χ3n) is 5.87. The Morgan fingerprint density at radius 1 is 1.13 bits per heavy atom. The fraction of sp³-hybridized carbons (Fsp3) is 0.455. The molecule has 2 amide bonds. The number of carbonyl (C=O) groups is 2. The van der Waals surface area contributed by atoms with Crippen LogP contribution in [-0.2, 0) is 28.9 Å². The first-order chi connectivity index (χ1) is 14.7. The SMILES string of the molecule is O=C(NCc1ccc2c(c1)OCO2)C1CCc2sc(C(=O)N3CCOCC3)cc2C1. The molecule has 1 aliphatic carbocycles. The maximum absolute atomic E-state index is 12.8. The molecule has 7 nitrogen and oxygen atoms in total. The van der Waals surface area contributed by atoms with E-state index in [1.807, 2.05) is 29.2 Å². The highest BCUT2D eigenvalue weighted by molar-refractivity contribution is 7.14. The number of carbonyl (C=O) groups excluding carboxylic acids is 2. The van der Waals surface area contributed by atoms with Crippen LogP contribution in [0.25, 0.3) is 0 Å². The Morgan fingerprint density at radius 2 is 1.97 bits per heavy atom. The van der Waals surface area contributed by atoms with E-state index in [0.29, 0.717) is 39.3 Å². The molecule has 0 saturated carbocycles. The van der Waals surface area contributed by atoms with Crippen LogP contribution in [-0.4, -0.2) is 49.8 Å². The lowest BCUT2D eigenvalue weighted by Crippen LogP contribution is -2.40. The van der Waals surface area contributed by atoms with Crippen molar-refractivity contribution < 1.29 is 23.8 Å². The third kappa shape index (κ3) is 3.89. The van der Waals surface area contributed by atoms with Gasteiger partial charge in [0.2, 0.25) is 12.7 Å². The van der Waals surface area contributed by atoms with Crippen LogP contribution in [0.4, 0.5) is 0 Å². The Hall–Kier alpha value is -2.58. The molecular formula is C22H24N2O5S. The summed E-state index contributed by atoms with van der Waals surface area (Å²) in [5.74, 6) is 1.55. The quantitative estimate of drug-likeness (QED) is 0.809. The zero-order valence-corrected chi connectivity index (χ0v) is 17.5. The van der Waals surface area contributed by atoms with Crippen molar-refractivity contribution in [2.75, 3.05) is 33.1 Å². The van der Waals surface area contributed by atoms with E-state index in [1.165, 1.54) is 4.88 Å². The van der Waals surface area contributed by atoms with E-state index in [9.17, 15) is 9.59 Å². The van der Waals surface area contributed by atoms with Crippen molar-refractivity contribution in [3.8, 4) is 11.5 Å². The molecule has 1 aromatic carbocycles. The average Bonchev–Trinajstić information content (AvgIpc) is 3.43. The van der Waals surface area contributed by atoms with Gasteiger partial charge in [0.15, 0.2) is 11.5 Å². The summed E-state index contributed by atoms with van der Waals surface area (Å²) in [6.45, 7) is 3.19. The van der Waals surface area contributed by atoms with Crippen molar-refractivity contribution in [1.29, 1.82) is 0 Å². The molecule has 1 fully saturated rings. The first kappa shape index (κ1) is 19.4. The van der Waals surface area contributed by atoms with Gasteiger partial charge in [-0.25, -0.2) is 0 Å². The monoisotopic (exact) mass is 428 g/mol. The Kier molecular flexibility index (Phi) is 5.35. The van der Waals surface area contributed by atoms with E-state index in [0.717, 1.165) is 40.3 Å². The third-order valence-corrected chi connectivity index (χ3v) is 7.09. The van der Waals surface area contributed by atoms with Crippen molar-refractivity contribution >= 4 is 23.2 Å². The number of morpholine rings is 1. The van der Waals surface area contributed by atoms with Crippen LogP contribution in [0.15, 0.2) is 24.3 Å². The lowest BCUT2D eigenvalue weighted by Gasteiger charge is -2.26. The predicted molar refractivity (Wildman–Crippen MR) is 111 cm³/mol. The van der Waals surface area contributed by atoms with Crippen molar-refractivity contribution in [2.45, 2.75) is 25.8 Å². The largest absolute Gasteiger partial charge is 0.454 e. The average molecular weight is 429 g/mol. The highest BCUT2D eigenvalue weighted by atomic mass is 32.1. The Labute approximate surface area is 178 Å². The van der Waals surface area contributed by atoms with Gasteiger partial charge in [-0.3, -0.25) is 9.59 Å². The van der Waals surface area contributed by atoms with E-state index in [-0.39, 0.29) is 24.5 Å². The second-order valence-electron chi connectivity index (χ2n) is 7.81. The van der Waals surface area contributed by atoms with E-state index >= 15 is 0 Å². The number of hydrogen-bond donors (Lipinski definition) is 1. The number of thiophene rings is 1. The molecule has 1 saturated heterocycles. The minimum atomic E-state index is -0.0625. The maximum atomic E-state index is 12.8. The Morgan fingerprint density at radius 3 is 2.83 bits per heavy atom. The lowest BCUT2D eigenvalue weighted by atomic mass is 9.87. The zero-order chi connectivity index (χ0) is 20.5. The molecule has 1 atom stereocenters. The first-order valence-electron chi connectivity index (χ1n) is 10.3. The minimum Gasteiger partial charge on any atom is -0.454 e. The molecular weight excluding hydrogens is 404 g/mol. The summed E-state index contributed by atoms with van der Waals surface area (Å²) >= 11 is 1.58. The van der Waals surface area contributed by atoms with Crippen LogP contribution in [0.3, 0.4) is 0 Å². The summed E-state index contributed by atoms with van der Waals surface area (Å²) in [5.41, 5.74) is 2.13. The molecule has 2 aromatic rings. The van der Waals surface area contributed by atoms with Crippen LogP contribution in [0, 0.1) is 5.92 Å². The molecule has 8 heteroatoms. The van der Waals surface area contributed by atoms with E-state index in [2.05, 4.69) is 5.32 Å². The topological polar surface area (TPSA) is 77.1 Å². The highest BCUT2D eigenvalue weighted by Gasteiger charge is 2.29. The van der Waals surface area contributed by atoms with E-state index in [4.69, 9.17) is 14.2 Å². The lowest BCUT2D eigenvalue weighted by molar-refractivity contribution is -0.125. The maximum Gasteiger partial charge on any atom is 0.264 e. The van der Waals surface area contributed by atoms with Gasteiger partial charge in [0, 0.05) is 30.4 Å². The summed E-state index contributed by atoms with van der Waals surface area (Å²) in [6.07, 6.45) is 2.35. The Balaban J connectivity index is 1.19. The second-order valence-corrected chi connectivity index (χ2v) is 8.95. The van der Waals surface area contributed by atoms with E-state index in [1.54, 1.807) is 11.3 Å². The van der Waals surface area contributed by atoms with Gasteiger partial charge < -0.3 is 24.4 Å². The molecule has 1 unspecified atom stereocenters. The van der Waals surface area contributed by atoms with Gasteiger partial charge >= 0.3 is 0 Å². The summed E-state index contributed by atoms with van der Waals surface area (Å²) in [4.78, 5) is 29.4. The molecule has 0 bridgehead atoms. The summed E-state index contributed by atoms with van der Waals surface area (Å²) < 4.78 is 16.1. The van der Waals surface area contributed by atoms with Crippen LogP contribution in [0.1, 0.15) is 32.1 Å². The van der Waals surface area contributed by atoms with Crippen molar-refractivity contribution in [2.24, 2.45) is 5.92 Å². The van der Waals surface area contributed by atoms with Gasteiger partial charge in [-0.15, -0.1) is 11.3 Å². The normalized spacial score (nSPS) is 20.0. The number of benzene rings is 1. The second kappa shape index (κ2) is 8.28. The minimum absolute atomic E-state index is 0.0607. The van der Waals surface area contributed by atoms with Gasteiger partial charge in [0.05, 0.1) is 18.1 Å². The van der Waals surface area contributed by atoms with Crippen molar-refractivity contribution in [3.63, 3.8) is 0 Å². The van der Waals surface area contributed by atoms with Crippen LogP contribution in [0.2, 0.25) is 0 Å². The van der Waals surface area contributed by atoms with Crippen molar-refractivity contribution in [1.82, 2.24) is 10.2 Å². The number of amides is 2. The molecule has 3 heterocycles. The van der Waals surface area contributed by atoms with Gasteiger partial charge in [0.25, 0.3) is 5.91 Å². The number of ether oxygens (including phenoxy) is 3. The fourth-order valence-electron chi connectivity index (χ4n) is 4.16. The molecule has 2 aliphatic heterocycles. The fourth-order valence-corrected chi connectivity index (χ4v) is 5.34. The van der Waals surface area contributed by atoms with Gasteiger partial charge in [-0.05, 0) is 48.6 Å². The summed E-state index contributed by atoms with van der Waals surface area (Å²) in [5, 5.41) is 3.05. The first-order valence-corrected chi connectivity index (χ1v) is 11.1. The van der Waals surface area contributed by atoms with Gasteiger partial charge in [-0.1, -0.05) is 6.07 Å². The van der Waals surface area contributed by atoms with Crippen LogP contribution in [0.5, 0.6) is 11.5 Å². The van der Waals surface area contributed by atoms with Crippen LogP contribution >= 0.6 is 11.3 Å². The molecule has 158 valence electrons. The zero-order valence-electron chi connectivity index (χ0n) is 16.6. The highest BCUT2D eigenvalue weighted by Crippen LogP contribution is 2.34. The van der Waals surface area contributed by atoms with Gasteiger partial charge in [-0.2, -0.15) is 0 Å². The van der Waals surface area contributed by atoms with Crippen LogP contribution < -0.4 is 14.8 Å².